The van der Waals surface area contributed by atoms with Crippen LogP contribution < -0.4 is 10.1 Å². The van der Waals surface area contributed by atoms with Crippen LogP contribution in [0.25, 0.3) is 0 Å². The standard InChI is InChI=1S/C39H61N3O14/c1-25-32(52-26(2)44)33(53-27(3)45)34(35(47)50-9)55-36(25)54-30-19-18-28(23-29(30)40-31(46)17-15-13-11-10-12-14-16-22-43)24-51-37(48)41(7)20-21-42(8)38(49)56-39(4,5)6/h18-19,23,25,32-34,36,43H,10-17,20-22,24H2,1-9H3,(H,40,46)/t25-,32-,33+,34+,36-/m1/s1. The topological polar surface area (TPSA) is 206 Å². The summed E-state index contributed by atoms with van der Waals surface area (Å²) in [7, 11) is 4.23. The third kappa shape index (κ3) is 16.6. The van der Waals surface area contributed by atoms with Crippen LogP contribution in [0.1, 0.15) is 98.5 Å². The largest absolute Gasteiger partial charge is 0.467 e. The highest BCUT2D eigenvalue weighted by Crippen LogP contribution is 2.36. The number of carbonyl (C=O) groups is 6. The molecule has 3 amide bonds. The third-order valence-electron chi connectivity index (χ3n) is 8.66. The number of anilines is 1. The average Bonchev–Trinajstić information content (AvgIpc) is 3.12. The zero-order valence-corrected chi connectivity index (χ0v) is 34.3. The van der Waals surface area contributed by atoms with Crippen molar-refractivity contribution in [1.82, 2.24) is 9.80 Å². The number of unbranched alkanes of at least 4 members (excludes halogenated alkanes) is 6. The van der Waals surface area contributed by atoms with Crippen molar-refractivity contribution in [2.45, 2.75) is 130 Å². The minimum Gasteiger partial charge on any atom is -0.467 e. The van der Waals surface area contributed by atoms with Gasteiger partial charge < -0.3 is 53.4 Å². The number of hydrogen-bond donors (Lipinski definition) is 2. The Kier molecular flexibility index (Phi) is 19.9. The molecule has 1 fully saturated rings. The van der Waals surface area contributed by atoms with Gasteiger partial charge in [0.2, 0.25) is 12.2 Å². The Morgan fingerprint density at radius 3 is 1.98 bits per heavy atom. The van der Waals surface area contributed by atoms with E-state index in [0.717, 1.165) is 52.6 Å². The van der Waals surface area contributed by atoms with Crippen molar-refractivity contribution in [3.8, 4) is 5.75 Å². The highest BCUT2D eigenvalue weighted by Gasteiger charge is 2.52. The Morgan fingerprint density at radius 2 is 1.41 bits per heavy atom. The van der Waals surface area contributed by atoms with Crippen molar-refractivity contribution in [2.75, 3.05) is 46.2 Å². The highest BCUT2D eigenvalue weighted by atomic mass is 16.7. The molecule has 17 nitrogen and oxygen atoms in total. The first-order chi connectivity index (χ1) is 26.4. The van der Waals surface area contributed by atoms with Gasteiger partial charge in [-0.3, -0.25) is 14.4 Å². The Labute approximate surface area is 329 Å². The molecule has 2 rings (SSSR count). The van der Waals surface area contributed by atoms with Gasteiger partial charge in [0.1, 0.15) is 18.0 Å². The van der Waals surface area contributed by atoms with Gasteiger partial charge in [0, 0.05) is 54.1 Å². The van der Waals surface area contributed by atoms with Crippen molar-refractivity contribution in [3.63, 3.8) is 0 Å². The summed E-state index contributed by atoms with van der Waals surface area (Å²) in [4.78, 5) is 77.9. The Morgan fingerprint density at radius 1 is 0.839 bits per heavy atom. The van der Waals surface area contributed by atoms with E-state index < -0.39 is 66.2 Å². The molecule has 0 spiro atoms. The molecule has 2 N–H and O–H groups in total. The average molecular weight is 796 g/mol. The molecule has 17 heteroatoms. The fourth-order valence-corrected chi connectivity index (χ4v) is 5.66. The van der Waals surface area contributed by atoms with Gasteiger partial charge in [-0.15, -0.1) is 0 Å². The normalized spacial score (nSPS) is 19.2. The van der Waals surface area contributed by atoms with E-state index in [1.807, 2.05) is 0 Å². The summed E-state index contributed by atoms with van der Waals surface area (Å²) in [5.74, 6) is -3.28. The van der Waals surface area contributed by atoms with Crippen molar-refractivity contribution in [1.29, 1.82) is 0 Å². The summed E-state index contributed by atoms with van der Waals surface area (Å²) in [6, 6.07) is 4.73. The number of carbonyl (C=O) groups excluding carboxylic acids is 6. The fourth-order valence-electron chi connectivity index (χ4n) is 5.66. The number of ether oxygens (including phenoxy) is 7. The van der Waals surface area contributed by atoms with E-state index in [9.17, 15) is 28.8 Å². The molecule has 1 aromatic rings. The number of aliphatic hydroxyl groups excluding tert-OH is 1. The van der Waals surface area contributed by atoms with Crippen LogP contribution in [0.2, 0.25) is 0 Å². The van der Waals surface area contributed by atoms with Crippen molar-refractivity contribution >= 4 is 41.7 Å². The zero-order chi connectivity index (χ0) is 42.0. The number of esters is 3. The Hall–Kier alpha value is -4.64. The van der Waals surface area contributed by atoms with E-state index in [4.69, 9.17) is 38.3 Å². The number of likely N-dealkylation sites (N-methyl/N-ethyl adjacent to an activating group) is 2. The number of amides is 3. The molecule has 5 atom stereocenters. The van der Waals surface area contributed by atoms with Crippen LogP contribution in [0, 0.1) is 5.92 Å². The summed E-state index contributed by atoms with van der Waals surface area (Å²) in [5, 5.41) is 11.8. The first-order valence-corrected chi connectivity index (χ1v) is 19.0. The van der Waals surface area contributed by atoms with Crippen LogP contribution in [-0.4, -0.2) is 122 Å². The van der Waals surface area contributed by atoms with Crippen molar-refractivity contribution in [2.24, 2.45) is 5.92 Å². The predicted molar refractivity (Wildman–Crippen MR) is 202 cm³/mol. The lowest BCUT2D eigenvalue weighted by atomic mass is 9.91. The Balaban J connectivity index is 2.27. The van der Waals surface area contributed by atoms with Crippen LogP contribution in [-0.2, 0) is 54.2 Å². The maximum absolute atomic E-state index is 13.2. The maximum Gasteiger partial charge on any atom is 0.410 e. The monoisotopic (exact) mass is 795 g/mol. The number of aliphatic hydroxyl groups is 1. The lowest BCUT2D eigenvalue weighted by molar-refractivity contribution is -0.261. The Bertz CT molecular complexity index is 1460. The molecule has 1 aliphatic heterocycles. The molecule has 0 saturated carbocycles. The van der Waals surface area contributed by atoms with Gasteiger partial charge in [-0.2, -0.15) is 0 Å². The van der Waals surface area contributed by atoms with Crippen LogP contribution >= 0.6 is 0 Å². The van der Waals surface area contributed by atoms with Gasteiger partial charge >= 0.3 is 30.1 Å². The highest BCUT2D eigenvalue weighted by molar-refractivity contribution is 5.92. The van der Waals surface area contributed by atoms with Crippen LogP contribution in [0.4, 0.5) is 15.3 Å². The van der Waals surface area contributed by atoms with Gasteiger partial charge in [-0.1, -0.05) is 45.1 Å². The number of benzene rings is 1. The van der Waals surface area contributed by atoms with Crippen LogP contribution in [0.5, 0.6) is 5.75 Å². The van der Waals surface area contributed by atoms with Crippen molar-refractivity contribution < 1.29 is 67.0 Å². The van der Waals surface area contributed by atoms with E-state index in [2.05, 4.69) is 5.32 Å². The first kappa shape index (κ1) is 47.5. The molecular weight excluding hydrogens is 734 g/mol. The molecule has 56 heavy (non-hydrogen) atoms. The van der Waals surface area contributed by atoms with Crippen molar-refractivity contribution in [3.05, 3.63) is 23.8 Å². The summed E-state index contributed by atoms with van der Waals surface area (Å²) >= 11 is 0. The molecule has 1 saturated heterocycles. The van der Waals surface area contributed by atoms with E-state index in [1.54, 1.807) is 46.9 Å². The summed E-state index contributed by atoms with van der Waals surface area (Å²) in [6.45, 7) is 9.60. The zero-order valence-electron chi connectivity index (χ0n) is 34.3. The minimum absolute atomic E-state index is 0.132. The molecule has 1 heterocycles. The molecule has 0 bridgehead atoms. The second-order valence-electron chi connectivity index (χ2n) is 14.8. The molecule has 0 aliphatic carbocycles. The third-order valence-corrected chi connectivity index (χ3v) is 8.66. The van der Waals surface area contributed by atoms with E-state index in [1.165, 1.54) is 29.8 Å². The quantitative estimate of drug-likeness (QED) is 0.102. The van der Waals surface area contributed by atoms with Gasteiger partial charge in [0.25, 0.3) is 0 Å². The smallest absolute Gasteiger partial charge is 0.410 e. The van der Waals surface area contributed by atoms with Gasteiger partial charge in [-0.05, 0) is 51.3 Å². The van der Waals surface area contributed by atoms with Gasteiger partial charge in [0.05, 0.1) is 18.7 Å². The number of methoxy groups -OCH3 is 1. The molecule has 1 aromatic carbocycles. The molecule has 0 radical (unpaired) electrons. The fraction of sp³-hybridized carbons (Fsp3) is 0.692. The second-order valence-corrected chi connectivity index (χ2v) is 14.8. The SMILES string of the molecule is COC(=O)[C@H]1O[C@@H](Oc2ccc(COC(=O)N(C)CCN(C)C(=O)OC(C)(C)C)cc2NC(=O)CCCCCCCCCO)[C@H](C)[C@@H](OC(C)=O)[C@@H]1OC(C)=O. The first-order valence-electron chi connectivity index (χ1n) is 19.0. The number of rotatable bonds is 20. The van der Waals surface area contributed by atoms with Crippen LogP contribution in [0.3, 0.4) is 0 Å². The molecule has 316 valence electrons. The van der Waals surface area contributed by atoms with E-state index in [-0.39, 0.29) is 50.1 Å². The molecule has 1 aliphatic rings. The minimum atomic E-state index is -1.52. The van der Waals surface area contributed by atoms with Gasteiger partial charge in [0.15, 0.2) is 18.3 Å². The number of nitrogens with one attached hydrogen (secondary N) is 1. The maximum atomic E-state index is 13.2. The second kappa shape index (κ2) is 23.4. The predicted octanol–water partition coefficient (Wildman–Crippen LogP) is 4.95. The molecule has 0 aromatic heterocycles. The lowest BCUT2D eigenvalue weighted by Gasteiger charge is -2.42. The molecule has 0 unspecified atom stereocenters. The summed E-state index contributed by atoms with van der Waals surface area (Å²) in [5.41, 5.74) is 0.0571. The van der Waals surface area contributed by atoms with Gasteiger partial charge in [-0.25, -0.2) is 14.4 Å². The lowest BCUT2D eigenvalue weighted by Crippen LogP contribution is -2.60. The van der Waals surface area contributed by atoms with Crippen LogP contribution in [0.15, 0.2) is 18.2 Å². The summed E-state index contributed by atoms with van der Waals surface area (Å²) in [6.07, 6.45) is -0.0271. The molecular formula is C39H61N3O14. The number of nitrogens with zero attached hydrogens (tertiary/aromatic N) is 2. The van der Waals surface area contributed by atoms with E-state index in [0.29, 0.717) is 12.0 Å². The summed E-state index contributed by atoms with van der Waals surface area (Å²) < 4.78 is 38.9. The number of hydrogen-bond acceptors (Lipinski definition) is 14. The van der Waals surface area contributed by atoms with E-state index >= 15 is 0 Å².